The zero-order chi connectivity index (χ0) is 21.3. The molecular weight excluding hydrogens is 398 g/mol. The molecule has 1 aliphatic heterocycles. The Balaban J connectivity index is 1.38. The predicted octanol–water partition coefficient (Wildman–Crippen LogP) is 2.91. The number of aryl methyl sites for hydroxylation is 1. The molecule has 2 aromatic rings. The van der Waals surface area contributed by atoms with Crippen molar-refractivity contribution in [2.75, 3.05) is 52.3 Å². The number of hydrogen-bond acceptors (Lipinski definition) is 5. The van der Waals surface area contributed by atoms with Gasteiger partial charge in [0.05, 0.1) is 17.7 Å². The molecule has 160 valence electrons. The van der Waals surface area contributed by atoms with Crippen LogP contribution in [0.2, 0.25) is 0 Å². The summed E-state index contributed by atoms with van der Waals surface area (Å²) < 4.78 is 5.49. The lowest BCUT2D eigenvalue weighted by molar-refractivity contribution is -0.136. The Morgan fingerprint density at radius 3 is 2.57 bits per heavy atom. The Labute approximate surface area is 182 Å². The Morgan fingerprint density at radius 2 is 1.87 bits per heavy atom. The van der Waals surface area contributed by atoms with Gasteiger partial charge in [-0.1, -0.05) is 12.1 Å². The minimum absolute atomic E-state index is 0.0206. The van der Waals surface area contributed by atoms with E-state index in [1.165, 1.54) is 10.4 Å². The highest BCUT2D eigenvalue weighted by Crippen LogP contribution is 2.34. The van der Waals surface area contributed by atoms with Gasteiger partial charge in [-0.25, -0.2) is 0 Å². The number of nitrogens with zero attached hydrogens (tertiary/aromatic N) is 3. The van der Waals surface area contributed by atoms with Gasteiger partial charge in [-0.2, -0.15) is 0 Å². The van der Waals surface area contributed by atoms with Crippen LogP contribution in [0.1, 0.15) is 26.5 Å². The van der Waals surface area contributed by atoms with Crippen LogP contribution in [-0.4, -0.2) is 69.0 Å². The lowest BCUT2D eigenvalue weighted by Gasteiger charge is -2.38. The van der Waals surface area contributed by atoms with Crippen LogP contribution in [-0.2, 0) is 17.6 Å². The fourth-order valence-electron chi connectivity index (χ4n) is 4.38. The molecule has 30 heavy (non-hydrogen) atoms. The van der Waals surface area contributed by atoms with Crippen molar-refractivity contribution in [3.05, 3.63) is 45.6 Å². The van der Waals surface area contributed by atoms with E-state index in [9.17, 15) is 9.59 Å². The summed E-state index contributed by atoms with van der Waals surface area (Å²) in [6, 6.07) is 10.0. The van der Waals surface area contributed by atoms with Crippen molar-refractivity contribution in [2.24, 2.45) is 5.92 Å². The highest BCUT2D eigenvalue weighted by atomic mass is 32.1. The van der Waals surface area contributed by atoms with Crippen molar-refractivity contribution in [1.82, 2.24) is 9.80 Å². The molecular formula is C23H29N3O3S. The molecule has 1 atom stereocenters. The molecule has 0 unspecified atom stereocenters. The van der Waals surface area contributed by atoms with Gasteiger partial charge in [-0.3, -0.25) is 9.59 Å². The second kappa shape index (κ2) is 8.68. The van der Waals surface area contributed by atoms with Gasteiger partial charge in [-0.15, -0.1) is 11.3 Å². The first-order chi connectivity index (χ1) is 14.5. The van der Waals surface area contributed by atoms with Crippen molar-refractivity contribution >= 4 is 28.8 Å². The van der Waals surface area contributed by atoms with Crippen LogP contribution in [0.15, 0.2) is 30.3 Å². The topological polar surface area (TPSA) is 53.1 Å². The van der Waals surface area contributed by atoms with Gasteiger partial charge in [0.2, 0.25) is 5.91 Å². The second-order valence-corrected chi connectivity index (χ2v) is 9.32. The van der Waals surface area contributed by atoms with Crippen LogP contribution < -0.4 is 9.64 Å². The molecule has 1 aromatic heterocycles. The monoisotopic (exact) mass is 427 g/mol. The molecule has 2 amide bonds. The molecule has 1 saturated heterocycles. The molecule has 0 bridgehead atoms. The summed E-state index contributed by atoms with van der Waals surface area (Å²) in [7, 11) is 5.24. The molecule has 4 rings (SSSR count). The summed E-state index contributed by atoms with van der Waals surface area (Å²) in [4.78, 5) is 33.4. The second-order valence-electron chi connectivity index (χ2n) is 8.18. The molecule has 0 N–H and O–H groups in total. The van der Waals surface area contributed by atoms with E-state index in [-0.39, 0.29) is 17.7 Å². The van der Waals surface area contributed by atoms with E-state index in [0.29, 0.717) is 0 Å². The number of fused-ring (bicyclic) bond motifs is 1. The van der Waals surface area contributed by atoms with E-state index < -0.39 is 0 Å². The summed E-state index contributed by atoms with van der Waals surface area (Å²) >= 11 is 1.59. The SMILES string of the molecule is COc1ccccc1N1CCN(C(=O)[C@@H]2CCc3sc(C(=O)N(C)C)cc3C2)CC1. The van der Waals surface area contributed by atoms with Gasteiger partial charge < -0.3 is 19.4 Å². The maximum Gasteiger partial charge on any atom is 0.263 e. The number of para-hydroxylation sites is 2. The third kappa shape index (κ3) is 4.03. The van der Waals surface area contributed by atoms with Crippen LogP contribution in [0.5, 0.6) is 5.75 Å². The normalized spacial score (nSPS) is 18.7. The van der Waals surface area contributed by atoms with Gasteiger partial charge in [0.25, 0.3) is 5.91 Å². The number of methoxy groups -OCH3 is 1. The smallest absolute Gasteiger partial charge is 0.263 e. The lowest BCUT2D eigenvalue weighted by Crippen LogP contribution is -2.51. The van der Waals surface area contributed by atoms with Gasteiger partial charge in [0, 0.05) is 51.1 Å². The standard InChI is InChI=1S/C23H29N3O3S/c1-24(2)23(28)21-15-17-14-16(8-9-20(17)30-21)22(27)26-12-10-25(11-13-26)18-6-4-5-7-19(18)29-3/h4-7,15-16H,8-14H2,1-3H3/t16-/m1/s1. The molecule has 7 heteroatoms. The number of benzene rings is 1. The first-order valence-electron chi connectivity index (χ1n) is 10.5. The number of carbonyl (C=O) groups is 2. The number of ether oxygens (including phenoxy) is 1. The molecule has 1 aromatic carbocycles. The van der Waals surface area contributed by atoms with Crippen LogP contribution in [0.4, 0.5) is 5.69 Å². The number of amides is 2. The highest BCUT2D eigenvalue weighted by Gasteiger charge is 2.32. The number of hydrogen-bond donors (Lipinski definition) is 0. The summed E-state index contributed by atoms with van der Waals surface area (Å²) in [5, 5.41) is 0. The quantitative estimate of drug-likeness (QED) is 0.753. The molecule has 0 spiro atoms. The van der Waals surface area contributed by atoms with E-state index >= 15 is 0 Å². The van der Waals surface area contributed by atoms with Crippen LogP contribution >= 0.6 is 11.3 Å². The van der Waals surface area contributed by atoms with Crippen molar-refractivity contribution in [2.45, 2.75) is 19.3 Å². The maximum absolute atomic E-state index is 13.2. The van der Waals surface area contributed by atoms with E-state index in [0.717, 1.165) is 61.8 Å². The zero-order valence-corrected chi connectivity index (χ0v) is 18.7. The van der Waals surface area contributed by atoms with Crippen molar-refractivity contribution in [3.63, 3.8) is 0 Å². The minimum Gasteiger partial charge on any atom is -0.495 e. The molecule has 0 radical (unpaired) electrons. The number of piperazine rings is 1. The van der Waals surface area contributed by atoms with E-state index in [1.54, 1.807) is 37.4 Å². The Kier molecular flexibility index (Phi) is 5.99. The lowest BCUT2D eigenvalue weighted by atomic mass is 9.87. The van der Waals surface area contributed by atoms with Crippen LogP contribution in [0.25, 0.3) is 0 Å². The zero-order valence-electron chi connectivity index (χ0n) is 17.9. The van der Waals surface area contributed by atoms with Crippen LogP contribution in [0, 0.1) is 5.92 Å². The number of carbonyl (C=O) groups excluding carboxylic acids is 2. The van der Waals surface area contributed by atoms with Gasteiger partial charge in [-0.05, 0) is 43.0 Å². The van der Waals surface area contributed by atoms with Crippen molar-refractivity contribution < 1.29 is 14.3 Å². The molecule has 1 aliphatic carbocycles. The van der Waals surface area contributed by atoms with E-state index in [1.807, 2.05) is 29.2 Å². The highest BCUT2D eigenvalue weighted by molar-refractivity contribution is 7.14. The minimum atomic E-state index is 0.0206. The summed E-state index contributed by atoms with van der Waals surface area (Å²) in [5.41, 5.74) is 2.27. The Bertz CT molecular complexity index is 932. The molecule has 2 aliphatic rings. The van der Waals surface area contributed by atoms with E-state index in [2.05, 4.69) is 11.0 Å². The third-order valence-electron chi connectivity index (χ3n) is 6.07. The molecule has 1 fully saturated rings. The van der Waals surface area contributed by atoms with Crippen LogP contribution in [0.3, 0.4) is 0 Å². The molecule has 0 saturated carbocycles. The fourth-order valence-corrected chi connectivity index (χ4v) is 5.61. The first kappa shape index (κ1) is 20.7. The summed E-state index contributed by atoms with van der Waals surface area (Å²) in [6.45, 7) is 3.08. The van der Waals surface area contributed by atoms with Gasteiger partial charge in [0.15, 0.2) is 0 Å². The predicted molar refractivity (Wildman–Crippen MR) is 120 cm³/mol. The maximum atomic E-state index is 13.2. The Morgan fingerprint density at radius 1 is 1.13 bits per heavy atom. The average molecular weight is 428 g/mol. The fraction of sp³-hybridized carbons (Fsp3) is 0.478. The molecule has 6 nitrogen and oxygen atoms in total. The number of anilines is 1. The van der Waals surface area contributed by atoms with E-state index in [4.69, 9.17) is 4.74 Å². The van der Waals surface area contributed by atoms with Gasteiger partial charge in [0.1, 0.15) is 5.75 Å². The average Bonchev–Trinajstić information content (AvgIpc) is 3.21. The number of rotatable bonds is 4. The van der Waals surface area contributed by atoms with Gasteiger partial charge >= 0.3 is 0 Å². The van der Waals surface area contributed by atoms with Crippen molar-refractivity contribution in [1.29, 1.82) is 0 Å². The summed E-state index contributed by atoms with van der Waals surface area (Å²) in [6.07, 6.45) is 2.51. The first-order valence-corrected chi connectivity index (χ1v) is 11.3. The van der Waals surface area contributed by atoms with Crippen molar-refractivity contribution in [3.8, 4) is 5.75 Å². The molecule has 2 heterocycles. The Hall–Kier alpha value is -2.54. The number of thiophene rings is 1. The summed E-state index contributed by atoms with van der Waals surface area (Å²) in [5.74, 6) is 1.20. The largest absolute Gasteiger partial charge is 0.495 e. The third-order valence-corrected chi connectivity index (χ3v) is 7.29.